The Morgan fingerprint density at radius 1 is 1.42 bits per heavy atom. The van der Waals surface area contributed by atoms with Gasteiger partial charge in [-0.3, -0.25) is 0 Å². The maximum atomic E-state index is 12.5. The molecule has 0 radical (unpaired) electrons. The third-order valence-corrected chi connectivity index (χ3v) is 5.27. The second-order valence-corrected chi connectivity index (χ2v) is 6.76. The van der Waals surface area contributed by atoms with Crippen LogP contribution in [0.5, 0.6) is 0 Å². The van der Waals surface area contributed by atoms with Gasteiger partial charge < -0.3 is 5.32 Å². The molecule has 0 saturated heterocycles. The standard InChI is InChI=1S/C12H19F3N2S2/c1-4-8(3)18-7-9(16-5-2)10-6-17-11(19-10)12(13,14)15/h6,8-9,16H,4-5,7H2,1-3H3. The Kier molecular flexibility index (Phi) is 6.62. The third kappa shape index (κ3) is 5.31. The lowest BCUT2D eigenvalue weighted by Gasteiger charge is -2.17. The van der Waals surface area contributed by atoms with Crippen LogP contribution in [0.3, 0.4) is 0 Å². The fraction of sp³-hybridized carbons (Fsp3) is 0.750. The summed E-state index contributed by atoms with van der Waals surface area (Å²) in [7, 11) is 0. The van der Waals surface area contributed by atoms with Crippen LogP contribution in [-0.2, 0) is 6.18 Å². The van der Waals surface area contributed by atoms with E-state index >= 15 is 0 Å². The van der Waals surface area contributed by atoms with Crippen LogP contribution < -0.4 is 5.32 Å². The van der Waals surface area contributed by atoms with E-state index in [4.69, 9.17) is 0 Å². The van der Waals surface area contributed by atoms with E-state index in [9.17, 15) is 13.2 Å². The fourth-order valence-corrected chi connectivity index (χ4v) is 3.46. The van der Waals surface area contributed by atoms with Gasteiger partial charge in [0.2, 0.25) is 0 Å². The number of rotatable bonds is 7. The van der Waals surface area contributed by atoms with E-state index in [1.807, 2.05) is 6.92 Å². The van der Waals surface area contributed by atoms with E-state index in [0.29, 0.717) is 10.1 Å². The van der Waals surface area contributed by atoms with Gasteiger partial charge in [-0.2, -0.15) is 24.9 Å². The summed E-state index contributed by atoms with van der Waals surface area (Å²) in [5.41, 5.74) is 0. The van der Waals surface area contributed by atoms with Crippen LogP contribution >= 0.6 is 23.1 Å². The van der Waals surface area contributed by atoms with Gasteiger partial charge in [0.15, 0.2) is 5.01 Å². The maximum Gasteiger partial charge on any atom is 0.443 e. The number of thiazole rings is 1. The normalized spacial score (nSPS) is 15.5. The molecule has 1 heterocycles. The molecule has 1 N–H and O–H groups in total. The number of hydrogen-bond acceptors (Lipinski definition) is 4. The molecular weight excluding hydrogens is 293 g/mol. The van der Waals surface area contributed by atoms with Crippen molar-refractivity contribution in [2.24, 2.45) is 0 Å². The van der Waals surface area contributed by atoms with Crippen molar-refractivity contribution in [1.29, 1.82) is 0 Å². The van der Waals surface area contributed by atoms with Gasteiger partial charge in [0.05, 0.1) is 6.04 Å². The third-order valence-electron chi connectivity index (χ3n) is 2.68. The molecule has 0 amide bonds. The van der Waals surface area contributed by atoms with Gasteiger partial charge in [0, 0.05) is 22.1 Å². The minimum atomic E-state index is -4.34. The number of hydrogen-bond donors (Lipinski definition) is 1. The first-order valence-corrected chi connectivity index (χ1v) is 8.12. The Labute approximate surface area is 120 Å². The molecular formula is C12H19F3N2S2. The Balaban J connectivity index is 2.73. The molecule has 0 aliphatic rings. The molecule has 0 saturated carbocycles. The molecule has 7 heteroatoms. The largest absolute Gasteiger partial charge is 0.443 e. The predicted molar refractivity (Wildman–Crippen MR) is 75.7 cm³/mol. The van der Waals surface area contributed by atoms with Crippen molar-refractivity contribution in [2.75, 3.05) is 12.3 Å². The summed E-state index contributed by atoms with van der Waals surface area (Å²) in [6.45, 7) is 6.91. The van der Waals surface area contributed by atoms with Crippen molar-refractivity contribution in [2.45, 2.75) is 44.7 Å². The molecule has 0 aliphatic heterocycles. The van der Waals surface area contributed by atoms with Crippen molar-refractivity contribution in [3.63, 3.8) is 0 Å². The maximum absolute atomic E-state index is 12.5. The number of alkyl halides is 3. The zero-order chi connectivity index (χ0) is 14.5. The molecule has 0 bridgehead atoms. The van der Waals surface area contributed by atoms with Crippen molar-refractivity contribution < 1.29 is 13.2 Å². The van der Waals surface area contributed by atoms with Crippen molar-refractivity contribution in [1.82, 2.24) is 10.3 Å². The van der Waals surface area contributed by atoms with Crippen LogP contribution in [0.25, 0.3) is 0 Å². The number of nitrogens with one attached hydrogen (secondary N) is 1. The van der Waals surface area contributed by atoms with Crippen molar-refractivity contribution in [3.8, 4) is 0 Å². The summed E-state index contributed by atoms with van der Waals surface area (Å²) >= 11 is 2.51. The van der Waals surface area contributed by atoms with Gasteiger partial charge in [-0.25, -0.2) is 4.98 Å². The van der Waals surface area contributed by atoms with Crippen LogP contribution in [-0.4, -0.2) is 22.5 Å². The SMILES string of the molecule is CCNC(CSC(C)CC)c1cnc(C(F)(F)F)s1. The van der Waals surface area contributed by atoms with E-state index in [1.165, 1.54) is 6.20 Å². The van der Waals surface area contributed by atoms with Gasteiger partial charge in [-0.05, 0) is 13.0 Å². The monoisotopic (exact) mass is 312 g/mol. The number of halogens is 3. The minimum absolute atomic E-state index is 0.0578. The summed E-state index contributed by atoms with van der Waals surface area (Å²) in [6, 6.07) is -0.0578. The highest BCUT2D eigenvalue weighted by Gasteiger charge is 2.35. The van der Waals surface area contributed by atoms with Gasteiger partial charge in [0.25, 0.3) is 0 Å². The lowest BCUT2D eigenvalue weighted by atomic mass is 10.3. The highest BCUT2D eigenvalue weighted by Crippen LogP contribution is 2.35. The van der Waals surface area contributed by atoms with E-state index in [2.05, 4.69) is 24.1 Å². The lowest BCUT2D eigenvalue weighted by Crippen LogP contribution is -2.22. The molecule has 2 unspecified atom stereocenters. The van der Waals surface area contributed by atoms with E-state index < -0.39 is 11.2 Å². The molecule has 2 nitrogen and oxygen atoms in total. The Morgan fingerprint density at radius 2 is 2.11 bits per heavy atom. The van der Waals surface area contributed by atoms with Gasteiger partial charge in [-0.1, -0.05) is 20.8 Å². The molecule has 0 aromatic carbocycles. The fourth-order valence-electron chi connectivity index (χ4n) is 1.45. The Morgan fingerprint density at radius 3 is 2.58 bits per heavy atom. The molecule has 1 aromatic rings. The topological polar surface area (TPSA) is 24.9 Å². The van der Waals surface area contributed by atoms with Crippen molar-refractivity contribution >= 4 is 23.1 Å². The Hall–Kier alpha value is -0.270. The molecule has 0 fully saturated rings. The summed E-state index contributed by atoms with van der Waals surface area (Å²) in [5.74, 6) is 0.766. The van der Waals surface area contributed by atoms with E-state index in [1.54, 1.807) is 11.8 Å². The van der Waals surface area contributed by atoms with E-state index in [-0.39, 0.29) is 6.04 Å². The average molecular weight is 312 g/mol. The van der Waals surface area contributed by atoms with E-state index in [0.717, 1.165) is 30.1 Å². The molecule has 2 atom stereocenters. The minimum Gasteiger partial charge on any atom is -0.309 e. The average Bonchev–Trinajstić information content (AvgIpc) is 2.83. The zero-order valence-electron chi connectivity index (χ0n) is 11.3. The lowest BCUT2D eigenvalue weighted by molar-refractivity contribution is -0.137. The first-order chi connectivity index (χ1) is 8.88. The molecule has 1 aromatic heterocycles. The van der Waals surface area contributed by atoms with Gasteiger partial charge >= 0.3 is 6.18 Å². The smallest absolute Gasteiger partial charge is 0.309 e. The summed E-state index contributed by atoms with van der Waals surface area (Å²) in [6.07, 6.45) is -1.94. The molecule has 110 valence electrons. The van der Waals surface area contributed by atoms with Gasteiger partial charge in [-0.15, -0.1) is 11.3 Å². The second-order valence-electron chi connectivity index (χ2n) is 4.23. The second kappa shape index (κ2) is 7.50. The highest BCUT2D eigenvalue weighted by atomic mass is 32.2. The van der Waals surface area contributed by atoms with Crippen LogP contribution in [0.1, 0.15) is 43.1 Å². The summed E-state index contributed by atoms with van der Waals surface area (Å²) < 4.78 is 37.6. The highest BCUT2D eigenvalue weighted by molar-refractivity contribution is 7.99. The number of nitrogens with zero attached hydrogens (tertiary/aromatic N) is 1. The molecule has 1 rings (SSSR count). The number of thioether (sulfide) groups is 1. The quantitative estimate of drug-likeness (QED) is 0.810. The van der Waals surface area contributed by atoms with Crippen LogP contribution in [0.4, 0.5) is 13.2 Å². The van der Waals surface area contributed by atoms with Gasteiger partial charge in [0.1, 0.15) is 0 Å². The predicted octanol–water partition coefficient (Wildman–Crippen LogP) is 4.34. The first-order valence-electron chi connectivity index (χ1n) is 6.26. The van der Waals surface area contributed by atoms with Crippen LogP contribution in [0.15, 0.2) is 6.20 Å². The van der Waals surface area contributed by atoms with Crippen LogP contribution in [0, 0.1) is 0 Å². The summed E-state index contributed by atoms with van der Waals surface area (Å²) in [4.78, 5) is 4.14. The Bertz CT molecular complexity index is 379. The number of aromatic nitrogens is 1. The first kappa shape index (κ1) is 16.8. The summed E-state index contributed by atoms with van der Waals surface area (Å²) in [5, 5.41) is 2.97. The van der Waals surface area contributed by atoms with Crippen LogP contribution in [0.2, 0.25) is 0 Å². The molecule has 0 aliphatic carbocycles. The zero-order valence-corrected chi connectivity index (χ0v) is 12.9. The van der Waals surface area contributed by atoms with Crippen molar-refractivity contribution in [3.05, 3.63) is 16.1 Å². The molecule has 0 spiro atoms. The molecule has 19 heavy (non-hydrogen) atoms.